The van der Waals surface area contributed by atoms with Crippen LogP contribution < -0.4 is 5.32 Å². The van der Waals surface area contributed by atoms with Gasteiger partial charge in [-0.25, -0.2) is 0 Å². The molecule has 2 rings (SSSR count). The molecule has 60 valence electrons. The molecule has 0 spiro atoms. The molecule has 1 unspecified atom stereocenters. The van der Waals surface area contributed by atoms with E-state index < -0.39 is 0 Å². The second kappa shape index (κ2) is 3.56. The minimum Gasteiger partial charge on any atom is -0.314 e. The van der Waals surface area contributed by atoms with Gasteiger partial charge in [0, 0.05) is 25.7 Å². The van der Waals surface area contributed by atoms with Crippen LogP contribution in [0.15, 0.2) is 0 Å². The molecule has 0 radical (unpaired) electrons. The van der Waals surface area contributed by atoms with Gasteiger partial charge in [-0.1, -0.05) is 0 Å². The third kappa shape index (κ3) is 1.44. The van der Waals surface area contributed by atoms with Crippen molar-refractivity contribution in [3.63, 3.8) is 0 Å². The average molecular weight is 163 g/mol. The van der Waals surface area contributed by atoms with E-state index in [2.05, 4.69) is 10.2 Å². The fourth-order valence-corrected chi connectivity index (χ4v) is 1.91. The van der Waals surface area contributed by atoms with Crippen molar-refractivity contribution in [1.29, 1.82) is 0 Å². The molecule has 0 aliphatic carbocycles. The molecule has 2 aliphatic heterocycles. The van der Waals surface area contributed by atoms with Crippen LogP contribution in [0.4, 0.5) is 0 Å². The van der Waals surface area contributed by atoms with Crippen LogP contribution in [0.2, 0.25) is 0 Å². The molecule has 10 heavy (non-hydrogen) atoms. The first kappa shape index (κ1) is 8.31. The van der Waals surface area contributed by atoms with Crippen LogP contribution in [0.3, 0.4) is 0 Å². The molecule has 0 amide bonds. The predicted octanol–water partition coefficient (Wildman–Crippen LogP) is 0.476. The molecule has 0 aromatic rings. The van der Waals surface area contributed by atoms with E-state index in [1.54, 1.807) is 0 Å². The molecule has 2 nitrogen and oxygen atoms in total. The smallest absolute Gasteiger partial charge is 0.0221 e. The van der Waals surface area contributed by atoms with E-state index in [4.69, 9.17) is 0 Å². The first-order valence-electron chi connectivity index (χ1n) is 3.91. The summed E-state index contributed by atoms with van der Waals surface area (Å²) in [6.45, 7) is 5.08. The molecule has 0 aromatic heterocycles. The Hall–Kier alpha value is 0.210. The number of piperazine rings is 1. The molecule has 0 aromatic carbocycles. The van der Waals surface area contributed by atoms with E-state index in [0.29, 0.717) is 0 Å². The van der Waals surface area contributed by atoms with Gasteiger partial charge in [-0.15, -0.1) is 12.4 Å². The van der Waals surface area contributed by atoms with E-state index in [1.165, 1.54) is 39.0 Å². The zero-order chi connectivity index (χ0) is 6.10. The quantitative estimate of drug-likeness (QED) is 0.558. The van der Waals surface area contributed by atoms with Crippen molar-refractivity contribution < 1.29 is 0 Å². The summed E-state index contributed by atoms with van der Waals surface area (Å²) in [4.78, 5) is 2.61. The standard InChI is InChI=1S/C7H14N2.ClH/c1-2-7-6-8-3-5-9(7)4-1;/h7-8H,1-6H2;1H. The van der Waals surface area contributed by atoms with Crippen molar-refractivity contribution in [2.45, 2.75) is 18.9 Å². The summed E-state index contributed by atoms with van der Waals surface area (Å²) in [7, 11) is 0. The average Bonchev–Trinajstić information content (AvgIpc) is 2.33. The zero-order valence-electron chi connectivity index (χ0n) is 6.18. The minimum absolute atomic E-state index is 0. The molecule has 2 aliphatic rings. The summed E-state index contributed by atoms with van der Waals surface area (Å²) in [6.07, 6.45) is 2.85. The Balaban J connectivity index is 0.000000500. The highest BCUT2D eigenvalue weighted by Gasteiger charge is 2.25. The monoisotopic (exact) mass is 162 g/mol. The lowest BCUT2D eigenvalue weighted by Crippen LogP contribution is -2.47. The van der Waals surface area contributed by atoms with Crippen molar-refractivity contribution in [1.82, 2.24) is 10.2 Å². The van der Waals surface area contributed by atoms with Crippen LogP contribution >= 0.6 is 12.4 Å². The number of rotatable bonds is 0. The second-order valence-electron chi connectivity index (χ2n) is 3.04. The summed E-state index contributed by atoms with van der Waals surface area (Å²) >= 11 is 0. The van der Waals surface area contributed by atoms with Gasteiger partial charge in [-0.05, 0) is 19.4 Å². The molecule has 1 atom stereocenters. The highest BCUT2D eigenvalue weighted by atomic mass is 35.5. The van der Waals surface area contributed by atoms with Gasteiger partial charge in [0.2, 0.25) is 0 Å². The molecule has 2 heterocycles. The lowest BCUT2D eigenvalue weighted by Gasteiger charge is -2.29. The van der Waals surface area contributed by atoms with Crippen molar-refractivity contribution in [3.05, 3.63) is 0 Å². The summed E-state index contributed by atoms with van der Waals surface area (Å²) in [5, 5.41) is 3.41. The normalized spacial score (nSPS) is 33.0. The Morgan fingerprint density at radius 2 is 2.20 bits per heavy atom. The Bertz CT molecular complexity index is 95.8. The van der Waals surface area contributed by atoms with Gasteiger partial charge in [0.05, 0.1) is 0 Å². The second-order valence-corrected chi connectivity index (χ2v) is 3.04. The van der Waals surface area contributed by atoms with E-state index in [0.717, 1.165) is 6.04 Å². The first-order chi connectivity index (χ1) is 4.47. The summed E-state index contributed by atoms with van der Waals surface area (Å²) < 4.78 is 0. The van der Waals surface area contributed by atoms with Crippen LogP contribution in [0.25, 0.3) is 0 Å². The van der Waals surface area contributed by atoms with Crippen molar-refractivity contribution >= 4 is 12.4 Å². The Morgan fingerprint density at radius 3 is 3.00 bits per heavy atom. The van der Waals surface area contributed by atoms with Crippen LogP contribution in [0.1, 0.15) is 12.8 Å². The van der Waals surface area contributed by atoms with Crippen LogP contribution in [-0.4, -0.2) is 37.1 Å². The third-order valence-corrected chi connectivity index (χ3v) is 2.45. The van der Waals surface area contributed by atoms with Gasteiger partial charge in [0.25, 0.3) is 0 Å². The number of nitrogens with one attached hydrogen (secondary N) is 1. The Morgan fingerprint density at radius 1 is 1.30 bits per heavy atom. The van der Waals surface area contributed by atoms with Crippen molar-refractivity contribution in [2.24, 2.45) is 0 Å². The van der Waals surface area contributed by atoms with Crippen LogP contribution in [0, 0.1) is 0 Å². The van der Waals surface area contributed by atoms with Gasteiger partial charge in [0.1, 0.15) is 0 Å². The number of fused-ring (bicyclic) bond motifs is 1. The van der Waals surface area contributed by atoms with Gasteiger partial charge < -0.3 is 5.32 Å². The number of hydrogen-bond acceptors (Lipinski definition) is 2. The van der Waals surface area contributed by atoms with Crippen molar-refractivity contribution in [3.8, 4) is 0 Å². The van der Waals surface area contributed by atoms with Crippen LogP contribution in [0.5, 0.6) is 0 Å². The first-order valence-corrected chi connectivity index (χ1v) is 3.91. The van der Waals surface area contributed by atoms with Gasteiger partial charge in [-0.2, -0.15) is 0 Å². The summed E-state index contributed by atoms with van der Waals surface area (Å²) in [5.74, 6) is 0. The maximum absolute atomic E-state index is 3.41. The molecule has 2 fully saturated rings. The Kier molecular flexibility index (Phi) is 2.96. The molecular weight excluding hydrogens is 148 g/mol. The minimum atomic E-state index is 0. The topological polar surface area (TPSA) is 15.3 Å². The highest BCUT2D eigenvalue weighted by molar-refractivity contribution is 5.85. The lowest BCUT2D eigenvalue weighted by atomic mass is 10.2. The molecule has 0 saturated carbocycles. The SMILES string of the molecule is C1CC2CNCCN2C1.Cl. The fourth-order valence-electron chi connectivity index (χ4n) is 1.91. The molecule has 3 heteroatoms. The Labute approximate surface area is 68.4 Å². The number of hydrogen-bond donors (Lipinski definition) is 1. The van der Waals surface area contributed by atoms with Gasteiger partial charge >= 0.3 is 0 Å². The van der Waals surface area contributed by atoms with Crippen LogP contribution in [-0.2, 0) is 0 Å². The highest BCUT2D eigenvalue weighted by Crippen LogP contribution is 2.17. The maximum Gasteiger partial charge on any atom is 0.0221 e. The molecule has 2 saturated heterocycles. The van der Waals surface area contributed by atoms with E-state index >= 15 is 0 Å². The van der Waals surface area contributed by atoms with E-state index in [1.807, 2.05) is 0 Å². The van der Waals surface area contributed by atoms with Gasteiger partial charge in [-0.3, -0.25) is 4.90 Å². The van der Waals surface area contributed by atoms with Gasteiger partial charge in [0.15, 0.2) is 0 Å². The largest absolute Gasteiger partial charge is 0.314 e. The third-order valence-electron chi connectivity index (χ3n) is 2.45. The van der Waals surface area contributed by atoms with E-state index in [-0.39, 0.29) is 12.4 Å². The summed E-state index contributed by atoms with van der Waals surface area (Å²) in [6, 6.07) is 0.888. The molecule has 0 bridgehead atoms. The lowest BCUT2D eigenvalue weighted by molar-refractivity contribution is 0.212. The van der Waals surface area contributed by atoms with Crippen molar-refractivity contribution in [2.75, 3.05) is 26.2 Å². The number of halogens is 1. The molecular formula is C7H15ClN2. The molecule has 1 N–H and O–H groups in total. The zero-order valence-corrected chi connectivity index (χ0v) is 6.99. The maximum atomic E-state index is 3.41. The summed E-state index contributed by atoms with van der Waals surface area (Å²) in [5.41, 5.74) is 0. The number of nitrogens with zero attached hydrogens (tertiary/aromatic N) is 1. The fraction of sp³-hybridized carbons (Fsp3) is 1.00. The van der Waals surface area contributed by atoms with E-state index in [9.17, 15) is 0 Å². The predicted molar refractivity (Wildman–Crippen MR) is 44.7 cm³/mol.